The summed E-state index contributed by atoms with van der Waals surface area (Å²) in [5, 5.41) is 3.97. The third kappa shape index (κ3) is 5.19. The zero-order valence-electron chi connectivity index (χ0n) is 18.4. The summed E-state index contributed by atoms with van der Waals surface area (Å²) in [7, 11) is 1.72. The second-order valence-corrected chi connectivity index (χ2v) is 9.04. The number of carbonyl (C=O) groups excluding carboxylic acids is 2. The van der Waals surface area contributed by atoms with Crippen molar-refractivity contribution in [2.24, 2.45) is 0 Å². The second kappa shape index (κ2) is 9.99. The molecule has 0 radical (unpaired) electrons. The Balaban J connectivity index is 1.54. The average molecular weight is 454 g/mol. The van der Waals surface area contributed by atoms with E-state index in [-0.39, 0.29) is 18.4 Å². The van der Waals surface area contributed by atoms with E-state index in [1.165, 1.54) is 11.3 Å². The maximum Gasteiger partial charge on any atom is 0.267 e. The number of benzene rings is 1. The highest BCUT2D eigenvalue weighted by atomic mass is 32.1. The molecule has 1 aliphatic heterocycles. The van der Waals surface area contributed by atoms with Gasteiger partial charge in [-0.05, 0) is 37.8 Å². The van der Waals surface area contributed by atoms with Crippen molar-refractivity contribution in [2.75, 3.05) is 26.7 Å². The first-order valence-electron chi connectivity index (χ1n) is 10.8. The Morgan fingerprint density at radius 2 is 1.91 bits per heavy atom. The molecule has 32 heavy (non-hydrogen) atoms. The third-order valence-electron chi connectivity index (χ3n) is 5.43. The van der Waals surface area contributed by atoms with Gasteiger partial charge in [0.15, 0.2) is 6.61 Å². The van der Waals surface area contributed by atoms with Crippen molar-refractivity contribution in [1.82, 2.24) is 15.0 Å². The predicted molar refractivity (Wildman–Crippen MR) is 123 cm³/mol. The molecule has 0 N–H and O–H groups in total. The van der Waals surface area contributed by atoms with Crippen LogP contribution in [0.5, 0.6) is 5.75 Å². The average Bonchev–Trinajstić information content (AvgIpc) is 3.44. The number of nitrogens with zero attached hydrogens (tertiary/aromatic N) is 3. The van der Waals surface area contributed by atoms with E-state index < -0.39 is 0 Å². The van der Waals surface area contributed by atoms with Gasteiger partial charge in [0.1, 0.15) is 22.1 Å². The van der Waals surface area contributed by atoms with Crippen LogP contribution in [0.2, 0.25) is 0 Å². The number of ether oxygens (including phenoxy) is 1. The van der Waals surface area contributed by atoms with Crippen molar-refractivity contribution < 1.29 is 18.8 Å². The number of rotatable bonds is 7. The number of piperidine rings is 1. The number of thiophene rings is 1. The Morgan fingerprint density at radius 3 is 2.59 bits per heavy atom. The molecule has 0 saturated carbocycles. The fourth-order valence-electron chi connectivity index (χ4n) is 3.73. The van der Waals surface area contributed by atoms with Crippen LogP contribution in [-0.2, 0) is 11.3 Å². The third-order valence-corrected chi connectivity index (χ3v) is 6.59. The van der Waals surface area contributed by atoms with E-state index in [0.717, 1.165) is 42.8 Å². The first kappa shape index (κ1) is 22.1. The molecule has 2 aromatic heterocycles. The van der Waals surface area contributed by atoms with Crippen LogP contribution < -0.4 is 4.74 Å². The number of aromatic nitrogens is 1. The molecule has 4 rings (SSSR count). The van der Waals surface area contributed by atoms with E-state index >= 15 is 0 Å². The highest BCUT2D eigenvalue weighted by Crippen LogP contribution is 2.37. The van der Waals surface area contributed by atoms with Crippen LogP contribution in [0.3, 0.4) is 0 Å². The van der Waals surface area contributed by atoms with Crippen molar-refractivity contribution in [3.05, 3.63) is 58.8 Å². The zero-order chi connectivity index (χ0) is 22.5. The lowest BCUT2D eigenvalue weighted by atomic mass is 10.1. The van der Waals surface area contributed by atoms with E-state index in [2.05, 4.69) is 5.16 Å². The maximum absolute atomic E-state index is 13.3. The molecule has 1 fully saturated rings. The molecule has 1 aliphatic rings. The quantitative estimate of drug-likeness (QED) is 0.531. The first-order valence-corrected chi connectivity index (χ1v) is 11.6. The number of hydrogen-bond acceptors (Lipinski definition) is 6. The summed E-state index contributed by atoms with van der Waals surface area (Å²) in [6, 6.07) is 13.5. The van der Waals surface area contributed by atoms with Crippen LogP contribution in [0, 0.1) is 6.92 Å². The van der Waals surface area contributed by atoms with Gasteiger partial charge in [-0.1, -0.05) is 35.5 Å². The van der Waals surface area contributed by atoms with Gasteiger partial charge in [-0.15, -0.1) is 11.3 Å². The molecular formula is C24H27N3O4S. The number of amides is 2. The molecule has 0 bridgehead atoms. The summed E-state index contributed by atoms with van der Waals surface area (Å²) >= 11 is 1.37. The molecule has 0 unspecified atom stereocenters. The van der Waals surface area contributed by atoms with E-state index in [1.807, 2.05) is 54.3 Å². The molecule has 1 aromatic carbocycles. The first-order chi connectivity index (χ1) is 15.5. The van der Waals surface area contributed by atoms with Gasteiger partial charge >= 0.3 is 0 Å². The Bertz CT molecular complexity index is 1070. The van der Waals surface area contributed by atoms with Gasteiger partial charge in [0, 0.05) is 31.1 Å². The van der Waals surface area contributed by atoms with Crippen molar-refractivity contribution in [3.8, 4) is 16.2 Å². The molecule has 3 heterocycles. The largest absolute Gasteiger partial charge is 0.482 e. The molecule has 3 aromatic rings. The van der Waals surface area contributed by atoms with Crippen molar-refractivity contribution in [1.29, 1.82) is 0 Å². The summed E-state index contributed by atoms with van der Waals surface area (Å²) in [4.78, 5) is 30.7. The normalized spacial score (nSPS) is 13.8. The minimum absolute atomic E-state index is 0.0398. The fraction of sp³-hybridized carbons (Fsp3) is 0.375. The van der Waals surface area contributed by atoms with Gasteiger partial charge in [-0.2, -0.15) is 0 Å². The van der Waals surface area contributed by atoms with Crippen LogP contribution in [0.15, 0.2) is 47.0 Å². The van der Waals surface area contributed by atoms with Crippen molar-refractivity contribution >= 4 is 23.2 Å². The molecule has 0 atom stereocenters. The number of likely N-dealkylation sites (tertiary alicyclic amines) is 1. The molecule has 7 nitrogen and oxygen atoms in total. The molecule has 0 spiro atoms. The fourth-order valence-corrected chi connectivity index (χ4v) is 4.83. The number of carbonyl (C=O) groups is 2. The maximum atomic E-state index is 13.3. The minimum Gasteiger partial charge on any atom is -0.482 e. The van der Waals surface area contributed by atoms with Crippen LogP contribution in [-0.4, -0.2) is 53.5 Å². The Morgan fingerprint density at radius 1 is 1.16 bits per heavy atom. The summed E-state index contributed by atoms with van der Waals surface area (Å²) < 4.78 is 11.0. The highest BCUT2D eigenvalue weighted by molar-refractivity contribution is 7.17. The second-order valence-electron chi connectivity index (χ2n) is 7.99. The summed E-state index contributed by atoms with van der Waals surface area (Å²) in [5.74, 6) is 0.913. The SMILES string of the molecule is Cc1cc(CN(C)C(=O)c2sc(-c3ccccc3)cc2OCC(=O)N2CCCCC2)no1. The van der Waals surface area contributed by atoms with Crippen LogP contribution >= 0.6 is 11.3 Å². The lowest BCUT2D eigenvalue weighted by Crippen LogP contribution is -2.38. The zero-order valence-corrected chi connectivity index (χ0v) is 19.2. The van der Waals surface area contributed by atoms with Gasteiger partial charge in [-0.25, -0.2) is 0 Å². The van der Waals surface area contributed by atoms with Crippen LogP contribution in [0.1, 0.15) is 40.4 Å². The van der Waals surface area contributed by atoms with Crippen LogP contribution in [0.25, 0.3) is 10.4 Å². The number of hydrogen-bond donors (Lipinski definition) is 0. The predicted octanol–water partition coefficient (Wildman–Crippen LogP) is 4.38. The molecular weight excluding hydrogens is 426 g/mol. The molecule has 0 aliphatic carbocycles. The lowest BCUT2D eigenvalue weighted by molar-refractivity contribution is -0.134. The van der Waals surface area contributed by atoms with Crippen molar-refractivity contribution in [3.63, 3.8) is 0 Å². The Labute approximate surface area is 191 Å². The smallest absolute Gasteiger partial charge is 0.267 e. The standard InChI is InChI=1S/C24H27N3O4S/c1-17-13-19(25-31-17)15-26(2)24(29)23-20(14-21(32-23)18-9-5-3-6-10-18)30-16-22(28)27-11-7-4-8-12-27/h3,5-6,9-10,13-14H,4,7-8,11-12,15-16H2,1-2H3. The summed E-state index contributed by atoms with van der Waals surface area (Å²) in [5.41, 5.74) is 1.68. The van der Waals surface area contributed by atoms with E-state index in [0.29, 0.717) is 28.6 Å². The van der Waals surface area contributed by atoms with E-state index in [1.54, 1.807) is 11.9 Å². The Kier molecular flexibility index (Phi) is 6.90. The number of aryl methyl sites for hydroxylation is 1. The topological polar surface area (TPSA) is 75.9 Å². The molecule has 1 saturated heterocycles. The van der Waals surface area contributed by atoms with Gasteiger partial charge in [0.05, 0.1) is 6.54 Å². The van der Waals surface area contributed by atoms with E-state index in [4.69, 9.17) is 9.26 Å². The molecule has 168 valence electrons. The minimum atomic E-state index is -0.182. The summed E-state index contributed by atoms with van der Waals surface area (Å²) in [6.45, 7) is 3.60. The lowest BCUT2D eigenvalue weighted by Gasteiger charge is -2.26. The summed E-state index contributed by atoms with van der Waals surface area (Å²) in [6.07, 6.45) is 3.21. The van der Waals surface area contributed by atoms with E-state index in [9.17, 15) is 9.59 Å². The molecule has 2 amide bonds. The molecule has 8 heteroatoms. The highest BCUT2D eigenvalue weighted by Gasteiger charge is 2.24. The van der Waals surface area contributed by atoms with Crippen molar-refractivity contribution in [2.45, 2.75) is 32.7 Å². The Hall–Kier alpha value is -3.13. The van der Waals surface area contributed by atoms with Gasteiger partial charge in [-0.3, -0.25) is 9.59 Å². The van der Waals surface area contributed by atoms with Gasteiger partial charge in [0.25, 0.3) is 11.8 Å². The van der Waals surface area contributed by atoms with Gasteiger partial charge in [0.2, 0.25) is 0 Å². The van der Waals surface area contributed by atoms with Gasteiger partial charge < -0.3 is 19.1 Å². The van der Waals surface area contributed by atoms with Crippen LogP contribution in [0.4, 0.5) is 0 Å². The monoisotopic (exact) mass is 453 g/mol.